The molecule has 0 fully saturated rings. The first-order valence-corrected chi connectivity index (χ1v) is 8.44. The van der Waals surface area contributed by atoms with Crippen LogP contribution in [0.2, 0.25) is 0 Å². The molecule has 3 aromatic rings. The lowest BCUT2D eigenvalue weighted by Crippen LogP contribution is -2.37. The fourth-order valence-corrected chi connectivity index (χ4v) is 4.30. The van der Waals surface area contributed by atoms with Crippen molar-refractivity contribution in [2.45, 2.75) is 33.2 Å². The van der Waals surface area contributed by atoms with Crippen LogP contribution in [0.4, 0.5) is 0 Å². The average Bonchev–Trinajstić information content (AvgIpc) is 2.87. The monoisotopic (exact) mass is 331 g/mol. The van der Waals surface area contributed by atoms with E-state index in [0.717, 1.165) is 44.9 Å². The van der Waals surface area contributed by atoms with Crippen LogP contribution in [-0.2, 0) is 10.3 Å². The van der Waals surface area contributed by atoms with Gasteiger partial charge in [0.2, 0.25) is 0 Å². The van der Waals surface area contributed by atoms with E-state index in [9.17, 15) is 9.90 Å². The maximum Gasteiger partial charge on any atom is 0.149 e. The molecule has 0 saturated carbocycles. The zero-order chi connectivity index (χ0) is 18.1. The van der Waals surface area contributed by atoms with Gasteiger partial charge in [-0.3, -0.25) is 0 Å². The predicted octanol–water partition coefficient (Wildman–Crippen LogP) is 4.16. The number of hydrogen-bond donors (Lipinski definition) is 2. The molecular weight excluding hydrogens is 310 g/mol. The number of benzene rings is 3. The lowest BCUT2D eigenvalue weighted by atomic mass is 9.84. The molecule has 4 rings (SSSR count). The van der Waals surface area contributed by atoms with Gasteiger partial charge < -0.3 is 15.6 Å². The highest BCUT2D eigenvalue weighted by molar-refractivity contribution is 6.10. The Bertz CT molecular complexity index is 1080. The number of nitrogens with two attached hydrogens (primary N) is 1. The smallest absolute Gasteiger partial charge is 0.149 e. The lowest BCUT2D eigenvalue weighted by Gasteiger charge is -2.22. The molecule has 3 aromatic carbocycles. The Morgan fingerprint density at radius 3 is 2.16 bits per heavy atom. The Labute approximate surface area is 147 Å². The maximum atomic E-state index is 12.0. The van der Waals surface area contributed by atoms with Gasteiger partial charge in [-0.2, -0.15) is 0 Å². The molecule has 25 heavy (non-hydrogen) atoms. The number of aldehydes is 1. The number of phenolic OH excluding ortho intramolecular Hbond substituents is 1. The molecule has 3 N–H and O–H groups in total. The molecule has 1 atom stereocenters. The molecule has 126 valence electrons. The zero-order valence-corrected chi connectivity index (χ0v) is 14.9. The number of rotatable bonds is 1. The lowest BCUT2D eigenvalue weighted by molar-refractivity contribution is -0.111. The highest BCUT2D eigenvalue weighted by Gasteiger charge is 2.42. The summed E-state index contributed by atoms with van der Waals surface area (Å²) in [5.74, 6) is 0.182. The highest BCUT2D eigenvalue weighted by atomic mass is 16.3. The van der Waals surface area contributed by atoms with Crippen LogP contribution in [0.15, 0.2) is 30.3 Å². The van der Waals surface area contributed by atoms with Crippen molar-refractivity contribution < 1.29 is 9.90 Å². The number of carbonyl (C=O) groups excluding carboxylic acids is 1. The summed E-state index contributed by atoms with van der Waals surface area (Å²) in [7, 11) is 0. The van der Waals surface area contributed by atoms with Crippen molar-refractivity contribution in [2.75, 3.05) is 0 Å². The highest BCUT2D eigenvalue weighted by Crippen LogP contribution is 2.52. The van der Waals surface area contributed by atoms with Crippen LogP contribution in [0.5, 0.6) is 5.75 Å². The number of aryl methyl sites for hydroxylation is 2. The molecule has 0 saturated heterocycles. The van der Waals surface area contributed by atoms with E-state index in [-0.39, 0.29) is 5.75 Å². The summed E-state index contributed by atoms with van der Waals surface area (Å²) in [6, 6.07) is 9.43. The Morgan fingerprint density at radius 2 is 1.52 bits per heavy atom. The van der Waals surface area contributed by atoms with Gasteiger partial charge in [-0.05, 0) is 83.7 Å². The van der Waals surface area contributed by atoms with Gasteiger partial charge in [0.05, 0.1) is 0 Å². The molecule has 0 bridgehead atoms. The minimum absolute atomic E-state index is 0.182. The summed E-state index contributed by atoms with van der Waals surface area (Å²) in [6.45, 7) is 8.29. The van der Waals surface area contributed by atoms with E-state index in [1.165, 1.54) is 11.1 Å². The third-order valence-electron chi connectivity index (χ3n) is 6.02. The maximum absolute atomic E-state index is 12.0. The van der Waals surface area contributed by atoms with Crippen LogP contribution in [0, 0.1) is 27.7 Å². The van der Waals surface area contributed by atoms with E-state index in [1.807, 2.05) is 31.2 Å². The first-order valence-electron chi connectivity index (χ1n) is 8.44. The fraction of sp³-hybridized carbons (Fsp3) is 0.227. The SMILES string of the molecule is Cc1c(C)c(C)c2c3c(cc(O)c2c1C)C(N)(C=O)c1ccccc1-3. The second-order valence-electron chi connectivity index (χ2n) is 7.10. The number of fused-ring (bicyclic) bond motifs is 5. The summed E-state index contributed by atoms with van der Waals surface area (Å²) in [6.07, 6.45) is 0.784. The van der Waals surface area contributed by atoms with Crippen molar-refractivity contribution in [2.24, 2.45) is 5.73 Å². The third-order valence-corrected chi connectivity index (χ3v) is 6.02. The van der Waals surface area contributed by atoms with Crippen LogP contribution >= 0.6 is 0 Å². The Morgan fingerprint density at radius 1 is 0.920 bits per heavy atom. The second kappa shape index (κ2) is 4.93. The first-order chi connectivity index (χ1) is 11.8. The van der Waals surface area contributed by atoms with Gasteiger partial charge >= 0.3 is 0 Å². The summed E-state index contributed by atoms with van der Waals surface area (Å²) < 4.78 is 0. The van der Waals surface area contributed by atoms with Gasteiger partial charge in [0.1, 0.15) is 17.6 Å². The number of carbonyl (C=O) groups is 1. The van der Waals surface area contributed by atoms with E-state index >= 15 is 0 Å². The van der Waals surface area contributed by atoms with Crippen LogP contribution in [0.25, 0.3) is 21.9 Å². The summed E-state index contributed by atoms with van der Waals surface area (Å²) in [4.78, 5) is 12.0. The summed E-state index contributed by atoms with van der Waals surface area (Å²) >= 11 is 0. The number of hydrogen-bond acceptors (Lipinski definition) is 3. The molecule has 0 aromatic heterocycles. The standard InChI is InChI=1S/C22H21NO2/c1-11-12(2)14(4)20-19(13(11)3)18(25)9-17-21(20)15-7-5-6-8-16(15)22(17,23)10-24/h5-10,25H,23H2,1-4H3. The zero-order valence-electron chi connectivity index (χ0n) is 14.9. The fourth-order valence-electron chi connectivity index (χ4n) is 4.30. The van der Waals surface area contributed by atoms with E-state index < -0.39 is 5.54 Å². The minimum Gasteiger partial charge on any atom is -0.507 e. The molecule has 3 nitrogen and oxygen atoms in total. The number of phenols is 1. The molecule has 0 aliphatic heterocycles. The third kappa shape index (κ3) is 1.76. The van der Waals surface area contributed by atoms with Crippen molar-refractivity contribution in [3.05, 3.63) is 63.7 Å². The second-order valence-corrected chi connectivity index (χ2v) is 7.10. The molecule has 0 radical (unpaired) electrons. The molecule has 0 amide bonds. The summed E-state index contributed by atoms with van der Waals surface area (Å²) in [5.41, 5.74) is 13.3. The predicted molar refractivity (Wildman–Crippen MR) is 101 cm³/mol. The van der Waals surface area contributed by atoms with Crippen LogP contribution in [-0.4, -0.2) is 11.4 Å². The molecule has 1 aliphatic rings. The molecule has 1 unspecified atom stereocenters. The minimum atomic E-state index is -1.23. The number of aromatic hydroxyl groups is 1. The molecule has 3 heteroatoms. The largest absolute Gasteiger partial charge is 0.507 e. The van der Waals surface area contributed by atoms with Crippen LogP contribution < -0.4 is 5.73 Å². The van der Waals surface area contributed by atoms with Crippen molar-refractivity contribution in [3.63, 3.8) is 0 Å². The van der Waals surface area contributed by atoms with Crippen molar-refractivity contribution in [1.29, 1.82) is 0 Å². The Kier molecular flexibility index (Phi) is 3.13. The molecular formula is C22H21NO2. The van der Waals surface area contributed by atoms with Crippen LogP contribution in [0.3, 0.4) is 0 Å². The normalized spacial score (nSPS) is 18.3. The van der Waals surface area contributed by atoms with Gasteiger partial charge in [0.15, 0.2) is 0 Å². The molecule has 0 heterocycles. The molecule has 0 spiro atoms. The summed E-state index contributed by atoms with van der Waals surface area (Å²) in [5, 5.41) is 12.6. The van der Waals surface area contributed by atoms with Gasteiger partial charge in [0.25, 0.3) is 0 Å². The van der Waals surface area contributed by atoms with Gasteiger partial charge in [-0.25, -0.2) is 0 Å². The quantitative estimate of drug-likeness (QED) is 0.658. The Balaban J connectivity index is 2.33. The van der Waals surface area contributed by atoms with E-state index in [2.05, 4.69) is 20.8 Å². The van der Waals surface area contributed by atoms with Crippen molar-refractivity contribution in [3.8, 4) is 16.9 Å². The first kappa shape index (κ1) is 15.9. The van der Waals surface area contributed by atoms with Gasteiger partial charge in [0, 0.05) is 5.39 Å². The topological polar surface area (TPSA) is 63.3 Å². The van der Waals surface area contributed by atoms with Gasteiger partial charge in [-0.1, -0.05) is 24.3 Å². The molecule has 1 aliphatic carbocycles. The Hall–Kier alpha value is -2.65. The van der Waals surface area contributed by atoms with Gasteiger partial charge in [-0.15, -0.1) is 0 Å². The van der Waals surface area contributed by atoms with E-state index in [1.54, 1.807) is 6.07 Å². The van der Waals surface area contributed by atoms with E-state index in [0.29, 0.717) is 5.56 Å². The van der Waals surface area contributed by atoms with Crippen molar-refractivity contribution >= 4 is 17.1 Å². The van der Waals surface area contributed by atoms with Crippen LogP contribution in [0.1, 0.15) is 33.4 Å². The van der Waals surface area contributed by atoms with Crippen molar-refractivity contribution in [1.82, 2.24) is 0 Å². The average molecular weight is 331 g/mol. The van der Waals surface area contributed by atoms with E-state index in [4.69, 9.17) is 5.73 Å².